The van der Waals surface area contributed by atoms with Crippen molar-refractivity contribution in [3.63, 3.8) is 0 Å². The summed E-state index contributed by atoms with van der Waals surface area (Å²) in [7, 11) is 0. The Morgan fingerprint density at radius 2 is 2.12 bits per heavy atom. The minimum Gasteiger partial charge on any atom is -0.372 e. The molecule has 0 spiro atoms. The predicted molar refractivity (Wildman–Crippen MR) is 55.0 cm³/mol. The molecule has 1 aromatic heterocycles. The monoisotopic (exact) mass is 254 g/mol. The second kappa shape index (κ2) is 5.11. The van der Waals surface area contributed by atoms with Gasteiger partial charge < -0.3 is 10.5 Å². The largest absolute Gasteiger partial charge is 0.434 e. The van der Waals surface area contributed by atoms with Crippen molar-refractivity contribution < 1.29 is 17.9 Å². The van der Waals surface area contributed by atoms with Gasteiger partial charge in [0.25, 0.3) is 0 Å². The first kappa shape index (κ1) is 13.4. The standard InChI is InChI=1S/C9H13F3N2OS/c1-3-15-5(2)8-14-7(9(10,11)12)6(4-13)16-8/h5H,3-4,13H2,1-2H3. The van der Waals surface area contributed by atoms with Crippen LogP contribution in [-0.4, -0.2) is 11.6 Å². The van der Waals surface area contributed by atoms with Crippen LogP contribution in [0.4, 0.5) is 13.2 Å². The Bertz CT molecular complexity index is 351. The van der Waals surface area contributed by atoms with Gasteiger partial charge in [-0.05, 0) is 13.8 Å². The Balaban J connectivity index is 3.03. The Morgan fingerprint density at radius 1 is 1.50 bits per heavy atom. The summed E-state index contributed by atoms with van der Waals surface area (Å²) >= 11 is 0.953. The molecule has 0 saturated heterocycles. The van der Waals surface area contributed by atoms with Crippen LogP contribution in [0.15, 0.2) is 0 Å². The molecule has 0 fully saturated rings. The Hall–Kier alpha value is -0.660. The summed E-state index contributed by atoms with van der Waals surface area (Å²) in [5, 5.41) is 0.314. The van der Waals surface area contributed by atoms with Gasteiger partial charge in [0, 0.05) is 13.2 Å². The van der Waals surface area contributed by atoms with Gasteiger partial charge in [-0.15, -0.1) is 11.3 Å². The lowest BCUT2D eigenvalue weighted by molar-refractivity contribution is -0.141. The van der Waals surface area contributed by atoms with E-state index < -0.39 is 18.0 Å². The number of halogens is 3. The molecule has 1 rings (SSSR count). The van der Waals surface area contributed by atoms with E-state index in [0.29, 0.717) is 11.6 Å². The predicted octanol–water partition coefficient (Wildman–Crippen LogP) is 2.72. The summed E-state index contributed by atoms with van der Waals surface area (Å²) in [6.45, 7) is 3.72. The fourth-order valence-corrected chi connectivity index (χ4v) is 2.19. The molecule has 0 saturated carbocycles. The zero-order valence-corrected chi connectivity index (χ0v) is 9.78. The highest BCUT2D eigenvalue weighted by Crippen LogP contribution is 2.36. The van der Waals surface area contributed by atoms with Crippen molar-refractivity contribution in [2.24, 2.45) is 5.73 Å². The van der Waals surface area contributed by atoms with Gasteiger partial charge in [0.15, 0.2) is 5.69 Å². The fraction of sp³-hybridized carbons (Fsp3) is 0.667. The first-order valence-electron chi connectivity index (χ1n) is 4.78. The molecule has 16 heavy (non-hydrogen) atoms. The molecule has 1 aromatic rings. The van der Waals surface area contributed by atoms with Crippen LogP contribution in [0.25, 0.3) is 0 Å². The molecule has 0 aliphatic heterocycles. The molecule has 1 heterocycles. The highest BCUT2D eigenvalue weighted by molar-refractivity contribution is 7.11. The molecule has 0 amide bonds. The van der Waals surface area contributed by atoms with Crippen molar-refractivity contribution >= 4 is 11.3 Å². The molecule has 0 bridgehead atoms. The SMILES string of the molecule is CCOC(C)c1nc(C(F)(F)F)c(CN)s1. The average molecular weight is 254 g/mol. The number of rotatable bonds is 4. The lowest BCUT2D eigenvalue weighted by Crippen LogP contribution is -2.11. The molecule has 1 atom stereocenters. The number of ether oxygens (including phenoxy) is 1. The van der Waals surface area contributed by atoms with E-state index in [1.165, 1.54) is 0 Å². The molecule has 1 unspecified atom stereocenters. The van der Waals surface area contributed by atoms with Crippen LogP contribution < -0.4 is 5.73 Å². The molecule has 2 N–H and O–H groups in total. The smallest absolute Gasteiger partial charge is 0.372 e. The summed E-state index contributed by atoms with van der Waals surface area (Å²) in [5.41, 5.74) is 4.38. The van der Waals surface area contributed by atoms with Crippen molar-refractivity contribution in [1.82, 2.24) is 4.98 Å². The number of aromatic nitrogens is 1. The molecule has 7 heteroatoms. The van der Waals surface area contributed by atoms with Crippen LogP contribution >= 0.6 is 11.3 Å². The zero-order valence-electron chi connectivity index (χ0n) is 8.97. The summed E-state index contributed by atoms with van der Waals surface area (Å²) in [5.74, 6) is 0. The molecule has 0 aliphatic rings. The Labute approximate surface area is 95.4 Å². The van der Waals surface area contributed by atoms with Crippen molar-refractivity contribution in [3.8, 4) is 0 Å². The second-order valence-electron chi connectivity index (χ2n) is 3.12. The maximum absolute atomic E-state index is 12.5. The van der Waals surface area contributed by atoms with Gasteiger partial charge in [0.1, 0.15) is 11.1 Å². The first-order valence-corrected chi connectivity index (χ1v) is 5.60. The fourth-order valence-electron chi connectivity index (χ4n) is 1.22. The van der Waals surface area contributed by atoms with Gasteiger partial charge in [0.2, 0.25) is 0 Å². The van der Waals surface area contributed by atoms with E-state index in [9.17, 15) is 13.2 Å². The molecule has 0 radical (unpaired) electrons. The molecule has 0 aromatic carbocycles. The van der Waals surface area contributed by atoms with Crippen molar-refractivity contribution in [2.75, 3.05) is 6.61 Å². The van der Waals surface area contributed by atoms with E-state index >= 15 is 0 Å². The summed E-state index contributed by atoms with van der Waals surface area (Å²) in [6.07, 6.45) is -4.88. The van der Waals surface area contributed by atoms with Gasteiger partial charge >= 0.3 is 6.18 Å². The van der Waals surface area contributed by atoms with Crippen LogP contribution in [0, 0.1) is 0 Å². The molecular formula is C9H13F3N2OS. The van der Waals surface area contributed by atoms with Crippen molar-refractivity contribution in [3.05, 3.63) is 15.6 Å². The van der Waals surface area contributed by atoms with Crippen LogP contribution in [0.1, 0.15) is 35.5 Å². The Morgan fingerprint density at radius 3 is 2.50 bits per heavy atom. The van der Waals surface area contributed by atoms with Gasteiger partial charge in [-0.1, -0.05) is 0 Å². The van der Waals surface area contributed by atoms with Crippen molar-refractivity contribution in [2.45, 2.75) is 32.7 Å². The number of hydrogen-bond acceptors (Lipinski definition) is 4. The van der Waals surface area contributed by atoms with Crippen LogP contribution in [0.2, 0.25) is 0 Å². The van der Waals surface area contributed by atoms with Crippen LogP contribution in [-0.2, 0) is 17.5 Å². The van der Waals surface area contributed by atoms with Gasteiger partial charge in [0.05, 0.1) is 4.88 Å². The third-order valence-corrected chi connectivity index (χ3v) is 3.17. The minimum atomic E-state index is -4.45. The van der Waals surface area contributed by atoms with Gasteiger partial charge in [-0.3, -0.25) is 0 Å². The van der Waals surface area contributed by atoms with Gasteiger partial charge in [-0.25, -0.2) is 4.98 Å². The number of nitrogens with two attached hydrogens (primary N) is 1. The lowest BCUT2D eigenvalue weighted by Gasteiger charge is -2.07. The Kier molecular flexibility index (Phi) is 4.28. The number of hydrogen-bond donors (Lipinski definition) is 1. The van der Waals surface area contributed by atoms with E-state index in [1.54, 1.807) is 13.8 Å². The lowest BCUT2D eigenvalue weighted by atomic mass is 10.3. The number of thiazole rings is 1. The second-order valence-corrected chi connectivity index (χ2v) is 4.24. The third kappa shape index (κ3) is 2.93. The normalized spacial score (nSPS) is 14.1. The van der Waals surface area contributed by atoms with E-state index in [4.69, 9.17) is 10.5 Å². The maximum Gasteiger partial charge on any atom is 0.434 e. The van der Waals surface area contributed by atoms with Crippen molar-refractivity contribution in [1.29, 1.82) is 0 Å². The quantitative estimate of drug-likeness (QED) is 0.898. The maximum atomic E-state index is 12.5. The molecule has 0 aliphatic carbocycles. The zero-order chi connectivity index (χ0) is 12.3. The van der Waals surface area contributed by atoms with Crippen LogP contribution in [0.3, 0.4) is 0 Å². The summed E-state index contributed by atoms with van der Waals surface area (Å²) < 4.78 is 42.8. The third-order valence-electron chi connectivity index (χ3n) is 1.93. The molecular weight excluding hydrogens is 241 g/mol. The summed E-state index contributed by atoms with van der Waals surface area (Å²) in [6, 6.07) is 0. The molecule has 92 valence electrons. The minimum absolute atomic E-state index is 0.0500. The topological polar surface area (TPSA) is 48.1 Å². The number of alkyl halides is 3. The summed E-state index contributed by atoms with van der Waals surface area (Å²) in [4.78, 5) is 3.61. The van der Waals surface area contributed by atoms with E-state index in [2.05, 4.69) is 4.98 Å². The van der Waals surface area contributed by atoms with E-state index in [1.807, 2.05) is 0 Å². The average Bonchev–Trinajstić information content (AvgIpc) is 2.61. The first-order chi connectivity index (χ1) is 7.40. The van der Waals surface area contributed by atoms with Crippen LogP contribution in [0.5, 0.6) is 0 Å². The highest BCUT2D eigenvalue weighted by Gasteiger charge is 2.37. The number of nitrogens with zero attached hydrogens (tertiary/aromatic N) is 1. The van der Waals surface area contributed by atoms with E-state index in [0.717, 1.165) is 11.3 Å². The highest BCUT2D eigenvalue weighted by atomic mass is 32.1. The van der Waals surface area contributed by atoms with E-state index in [-0.39, 0.29) is 11.4 Å². The van der Waals surface area contributed by atoms with Gasteiger partial charge in [-0.2, -0.15) is 13.2 Å². The molecule has 3 nitrogen and oxygen atoms in total.